The summed E-state index contributed by atoms with van der Waals surface area (Å²) >= 11 is 3.17. The second kappa shape index (κ2) is 6.11. The number of nitrogens with two attached hydrogens (primary N) is 1. The van der Waals surface area contributed by atoms with Gasteiger partial charge in [0.1, 0.15) is 11.6 Å². The number of Topliss-reactive ketones (excluding diaryl/α,β-unsaturated/α-hetero) is 1. The van der Waals surface area contributed by atoms with Crippen LogP contribution in [0.25, 0.3) is 0 Å². The molecule has 16 heavy (non-hydrogen) atoms. The van der Waals surface area contributed by atoms with Gasteiger partial charge in [-0.05, 0) is 24.1 Å². The van der Waals surface area contributed by atoms with E-state index in [0.29, 0.717) is 23.0 Å². The smallest absolute Gasteiger partial charge is 0.141 e. The zero-order valence-corrected chi connectivity index (χ0v) is 10.8. The maximum absolute atomic E-state index is 13.5. The van der Waals surface area contributed by atoms with Crippen molar-refractivity contribution in [1.29, 1.82) is 0 Å². The molecule has 0 fully saturated rings. The molecule has 0 amide bonds. The summed E-state index contributed by atoms with van der Waals surface area (Å²) < 4.78 is 14.1. The van der Waals surface area contributed by atoms with E-state index in [1.165, 1.54) is 6.07 Å². The third kappa shape index (κ3) is 3.39. The lowest BCUT2D eigenvalue weighted by atomic mass is 9.95. The Kier molecular flexibility index (Phi) is 5.09. The molecule has 2 nitrogen and oxygen atoms in total. The molecule has 88 valence electrons. The van der Waals surface area contributed by atoms with Crippen LogP contribution >= 0.6 is 15.9 Å². The second-order valence-electron chi connectivity index (χ2n) is 3.72. The number of hydrogen-bond donors (Lipinski definition) is 1. The molecular formula is C12H15BrFNO. The van der Waals surface area contributed by atoms with E-state index in [4.69, 9.17) is 5.73 Å². The van der Waals surface area contributed by atoms with Crippen LogP contribution in [-0.2, 0) is 11.2 Å². The zero-order valence-electron chi connectivity index (χ0n) is 9.17. The summed E-state index contributed by atoms with van der Waals surface area (Å²) in [6.45, 7) is 2.24. The molecular weight excluding hydrogens is 273 g/mol. The largest absolute Gasteiger partial charge is 0.330 e. The Hall–Kier alpha value is -0.740. The number of hydrogen-bond acceptors (Lipinski definition) is 2. The van der Waals surface area contributed by atoms with Crippen molar-refractivity contribution in [2.24, 2.45) is 11.7 Å². The van der Waals surface area contributed by atoms with Gasteiger partial charge in [0.05, 0.1) is 0 Å². The normalized spacial score (nSPS) is 12.5. The van der Waals surface area contributed by atoms with Crippen LogP contribution in [0.4, 0.5) is 4.39 Å². The van der Waals surface area contributed by atoms with Crippen molar-refractivity contribution in [3.05, 3.63) is 34.1 Å². The van der Waals surface area contributed by atoms with E-state index < -0.39 is 0 Å². The highest BCUT2D eigenvalue weighted by molar-refractivity contribution is 9.10. The van der Waals surface area contributed by atoms with Crippen molar-refractivity contribution in [1.82, 2.24) is 0 Å². The highest BCUT2D eigenvalue weighted by Gasteiger charge is 2.16. The van der Waals surface area contributed by atoms with Gasteiger partial charge in [-0.3, -0.25) is 4.79 Å². The van der Waals surface area contributed by atoms with Gasteiger partial charge in [0.15, 0.2) is 0 Å². The van der Waals surface area contributed by atoms with E-state index in [0.717, 1.165) is 0 Å². The fourth-order valence-electron chi connectivity index (χ4n) is 1.52. The highest BCUT2D eigenvalue weighted by Crippen LogP contribution is 2.17. The van der Waals surface area contributed by atoms with E-state index in [2.05, 4.69) is 15.9 Å². The third-order valence-corrected chi connectivity index (χ3v) is 3.11. The van der Waals surface area contributed by atoms with Crippen LogP contribution in [0.2, 0.25) is 0 Å². The minimum absolute atomic E-state index is 0.00576. The van der Waals surface area contributed by atoms with Crippen LogP contribution in [0, 0.1) is 11.7 Å². The molecule has 1 unspecified atom stereocenters. The third-order valence-electron chi connectivity index (χ3n) is 2.61. The lowest BCUT2D eigenvalue weighted by molar-refractivity contribution is -0.122. The van der Waals surface area contributed by atoms with Crippen LogP contribution in [0.15, 0.2) is 22.7 Å². The van der Waals surface area contributed by atoms with E-state index in [9.17, 15) is 9.18 Å². The number of benzene rings is 1. The number of ketones is 1. The Balaban J connectivity index is 2.76. The van der Waals surface area contributed by atoms with Crippen molar-refractivity contribution in [2.75, 3.05) is 6.54 Å². The number of halogens is 2. The van der Waals surface area contributed by atoms with Gasteiger partial charge in [0.2, 0.25) is 0 Å². The van der Waals surface area contributed by atoms with Gasteiger partial charge in [0.25, 0.3) is 0 Å². The molecule has 0 aliphatic rings. The van der Waals surface area contributed by atoms with E-state index in [1.54, 1.807) is 12.1 Å². The molecule has 0 aliphatic carbocycles. The van der Waals surface area contributed by atoms with E-state index in [-0.39, 0.29) is 23.9 Å². The SMILES string of the molecule is CCC(CN)C(=O)Cc1ccc(Br)cc1F. The van der Waals surface area contributed by atoms with Gasteiger partial charge in [-0.25, -0.2) is 4.39 Å². The summed E-state index contributed by atoms with van der Waals surface area (Å²) in [5.74, 6) is -0.510. The van der Waals surface area contributed by atoms with Gasteiger partial charge in [0, 0.05) is 23.4 Å². The minimum atomic E-state index is -0.352. The molecule has 4 heteroatoms. The average Bonchev–Trinajstić information content (AvgIpc) is 2.24. The van der Waals surface area contributed by atoms with E-state index in [1.807, 2.05) is 6.92 Å². The molecule has 0 aromatic heterocycles. The predicted molar refractivity (Wildman–Crippen MR) is 65.6 cm³/mol. The summed E-state index contributed by atoms with van der Waals surface area (Å²) in [7, 11) is 0. The molecule has 0 aliphatic heterocycles. The molecule has 0 spiro atoms. The first-order chi connectivity index (χ1) is 7.58. The second-order valence-corrected chi connectivity index (χ2v) is 4.64. The van der Waals surface area contributed by atoms with Gasteiger partial charge in [-0.1, -0.05) is 28.9 Å². The van der Waals surface area contributed by atoms with Gasteiger partial charge < -0.3 is 5.73 Å². The summed E-state index contributed by atoms with van der Waals surface area (Å²) in [5.41, 5.74) is 5.91. The first-order valence-corrected chi connectivity index (χ1v) is 6.04. The molecule has 0 heterocycles. The molecule has 0 saturated carbocycles. The van der Waals surface area contributed by atoms with Gasteiger partial charge in [-0.2, -0.15) is 0 Å². The summed E-state index contributed by atoms with van der Waals surface area (Å²) in [5, 5.41) is 0. The number of carbonyl (C=O) groups excluding carboxylic acids is 1. The molecule has 0 saturated heterocycles. The molecule has 1 aromatic rings. The lowest BCUT2D eigenvalue weighted by Gasteiger charge is -2.11. The fourth-order valence-corrected chi connectivity index (χ4v) is 1.86. The fraction of sp³-hybridized carbons (Fsp3) is 0.417. The first kappa shape index (κ1) is 13.3. The van der Waals surface area contributed by atoms with Crippen LogP contribution < -0.4 is 5.73 Å². The minimum Gasteiger partial charge on any atom is -0.330 e. The maximum atomic E-state index is 13.5. The Morgan fingerprint density at radius 2 is 2.25 bits per heavy atom. The summed E-state index contributed by atoms with van der Waals surface area (Å²) in [4.78, 5) is 11.8. The molecule has 0 bridgehead atoms. The average molecular weight is 288 g/mol. The molecule has 1 atom stereocenters. The Morgan fingerprint density at radius 1 is 1.56 bits per heavy atom. The van der Waals surface area contributed by atoms with Crippen LogP contribution in [0.3, 0.4) is 0 Å². The number of carbonyl (C=O) groups is 1. The Labute approximate surface area is 103 Å². The van der Waals surface area contributed by atoms with Crippen molar-refractivity contribution < 1.29 is 9.18 Å². The maximum Gasteiger partial charge on any atom is 0.141 e. The quantitative estimate of drug-likeness (QED) is 0.905. The summed E-state index contributed by atoms with van der Waals surface area (Å²) in [6.07, 6.45) is 0.822. The van der Waals surface area contributed by atoms with Gasteiger partial charge in [-0.15, -0.1) is 0 Å². The van der Waals surface area contributed by atoms with Crippen LogP contribution in [-0.4, -0.2) is 12.3 Å². The van der Waals surface area contributed by atoms with E-state index >= 15 is 0 Å². The standard InChI is InChI=1S/C12H15BrFNO/c1-2-8(7-15)12(16)5-9-3-4-10(13)6-11(9)14/h3-4,6,8H,2,5,7,15H2,1H3. The molecule has 2 N–H and O–H groups in total. The number of rotatable bonds is 5. The highest BCUT2D eigenvalue weighted by atomic mass is 79.9. The topological polar surface area (TPSA) is 43.1 Å². The van der Waals surface area contributed by atoms with Crippen molar-refractivity contribution in [2.45, 2.75) is 19.8 Å². The Bertz CT molecular complexity index is 377. The monoisotopic (exact) mass is 287 g/mol. The molecule has 1 aromatic carbocycles. The molecule has 1 rings (SSSR count). The lowest BCUT2D eigenvalue weighted by Crippen LogP contribution is -2.24. The first-order valence-electron chi connectivity index (χ1n) is 5.25. The van der Waals surface area contributed by atoms with Gasteiger partial charge >= 0.3 is 0 Å². The Morgan fingerprint density at radius 3 is 2.75 bits per heavy atom. The van der Waals surface area contributed by atoms with Crippen LogP contribution in [0.1, 0.15) is 18.9 Å². The molecule has 0 radical (unpaired) electrons. The van der Waals surface area contributed by atoms with Crippen molar-refractivity contribution >= 4 is 21.7 Å². The van der Waals surface area contributed by atoms with Crippen molar-refractivity contribution in [3.63, 3.8) is 0 Å². The summed E-state index contributed by atoms with van der Waals surface area (Å²) in [6, 6.07) is 4.72. The zero-order chi connectivity index (χ0) is 12.1. The van der Waals surface area contributed by atoms with Crippen molar-refractivity contribution in [3.8, 4) is 0 Å². The predicted octanol–water partition coefficient (Wildman–Crippen LogP) is 2.68. The van der Waals surface area contributed by atoms with Crippen LogP contribution in [0.5, 0.6) is 0 Å².